The fourth-order valence-electron chi connectivity index (χ4n) is 1.20. The smallest absolute Gasteiger partial charge is 0.257 e. The highest BCUT2D eigenvalue weighted by atomic mass is 127. The summed E-state index contributed by atoms with van der Waals surface area (Å²) in [6.07, 6.45) is 0. The monoisotopic (exact) mass is 386 g/mol. The highest BCUT2D eigenvalue weighted by molar-refractivity contribution is 14.1. The molecule has 0 fully saturated rings. The first kappa shape index (κ1) is 14.9. The molecule has 1 rings (SSSR count). The second kappa shape index (κ2) is 5.24. The van der Waals surface area contributed by atoms with E-state index in [1.807, 2.05) is 6.92 Å². The van der Waals surface area contributed by atoms with Crippen molar-refractivity contribution in [1.82, 2.24) is 0 Å². The van der Waals surface area contributed by atoms with Gasteiger partial charge in [0.05, 0.1) is 5.75 Å². The number of aryl methyl sites for hydroxylation is 1. The molecule has 1 aromatic carbocycles. The third kappa shape index (κ3) is 3.00. The number of alkyl halides is 2. The van der Waals surface area contributed by atoms with Crippen molar-refractivity contribution in [2.45, 2.75) is 16.1 Å². The quantitative estimate of drug-likeness (QED) is 0.454. The standard InChI is InChI=1S/C11H12ClIO3S/c1-3-17(15,16)11(12,13)10(14)9-6-4-8(2)5-7-9/h4-7H,3H2,1-2H3/t11-/m0/s1. The number of rotatable bonds is 4. The maximum absolute atomic E-state index is 12.1. The van der Waals surface area contributed by atoms with Crippen molar-refractivity contribution in [3.8, 4) is 0 Å². The molecule has 6 heteroatoms. The maximum Gasteiger partial charge on any atom is 0.257 e. The van der Waals surface area contributed by atoms with Crippen LogP contribution in [-0.4, -0.2) is 22.2 Å². The van der Waals surface area contributed by atoms with E-state index in [1.54, 1.807) is 24.3 Å². The number of sulfone groups is 1. The van der Waals surface area contributed by atoms with E-state index in [2.05, 4.69) is 0 Å². The molecule has 0 aromatic heterocycles. The number of ketones is 1. The van der Waals surface area contributed by atoms with Crippen LogP contribution in [0.3, 0.4) is 0 Å². The van der Waals surface area contributed by atoms with E-state index in [1.165, 1.54) is 29.5 Å². The van der Waals surface area contributed by atoms with Crippen LogP contribution < -0.4 is 0 Å². The van der Waals surface area contributed by atoms with E-state index in [4.69, 9.17) is 11.6 Å². The number of carbonyl (C=O) groups excluding carboxylic acids is 1. The first-order chi connectivity index (χ1) is 7.72. The minimum atomic E-state index is -3.65. The van der Waals surface area contributed by atoms with Gasteiger partial charge in [-0.05, 0) is 29.5 Å². The first-order valence-corrected chi connectivity index (χ1v) is 8.05. The lowest BCUT2D eigenvalue weighted by Crippen LogP contribution is -2.36. The third-order valence-corrected chi connectivity index (χ3v) is 7.46. The molecule has 0 amide bonds. The molecule has 0 N–H and O–H groups in total. The Bertz CT molecular complexity index is 520. The number of carbonyl (C=O) groups is 1. The van der Waals surface area contributed by atoms with Crippen molar-refractivity contribution in [2.75, 3.05) is 5.75 Å². The molecule has 1 atom stereocenters. The second-order valence-corrected chi connectivity index (χ2v) is 9.81. The van der Waals surface area contributed by atoms with Gasteiger partial charge in [0.1, 0.15) is 0 Å². The molecule has 17 heavy (non-hydrogen) atoms. The molecular weight excluding hydrogens is 375 g/mol. The van der Waals surface area contributed by atoms with E-state index in [0.717, 1.165) is 5.56 Å². The van der Waals surface area contributed by atoms with Crippen molar-refractivity contribution in [2.24, 2.45) is 0 Å². The van der Waals surface area contributed by atoms with Crippen LogP contribution in [-0.2, 0) is 9.84 Å². The number of hydrogen-bond acceptors (Lipinski definition) is 3. The highest BCUT2D eigenvalue weighted by Crippen LogP contribution is 2.35. The summed E-state index contributed by atoms with van der Waals surface area (Å²) >= 11 is 7.39. The maximum atomic E-state index is 12.1. The SMILES string of the molecule is CCS(=O)(=O)[C@@](Cl)(I)C(=O)c1ccc(C)cc1. The Morgan fingerprint density at radius 1 is 1.35 bits per heavy atom. The Balaban J connectivity index is 3.18. The summed E-state index contributed by atoms with van der Waals surface area (Å²) in [5.41, 5.74) is 1.30. The molecule has 0 spiro atoms. The number of hydrogen-bond donors (Lipinski definition) is 0. The Hall–Kier alpha value is -0.140. The molecule has 0 heterocycles. The van der Waals surface area contributed by atoms with Gasteiger partial charge in [0.25, 0.3) is 2.21 Å². The molecule has 0 aliphatic heterocycles. The Morgan fingerprint density at radius 2 is 1.82 bits per heavy atom. The summed E-state index contributed by atoms with van der Waals surface area (Å²) in [6, 6.07) is 6.65. The van der Waals surface area contributed by atoms with E-state index >= 15 is 0 Å². The highest BCUT2D eigenvalue weighted by Gasteiger charge is 2.45. The minimum Gasteiger partial charge on any atom is -0.290 e. The Kier molecular flexibility index (Phi) is 4.60. The lowest BCUT2D eigenvalue weighted by Gasteiger charge is -2.18. The molecule has 0 saturated carbocycles. The van der Waals surface area contributed by atoms with E-state index in [-0.39, 0.29) is 5.75 Å². The number of halogens is 2. The van der Waals surface area contributed by atoms with E-state index in [0.29, 0.717) is 5.56 Å². The largest absolute Gasteiger partial charge is 0.290 e. The van der Waals surface area contributed by atoms with Gasteiger partial charge in [-0.15, -0.1) is 0 Å². The summed E-state index contributed by atoms with van der Waals surface area (Å²) in [5.74, 6) is -0.765. The number of benzene rings is 1. The normalized spacial score (nSPS) is 15.3. The molecule has 0 aliphatic carbocycles. The van der Waals surface area contributed by atoms with Crippen LogP contribution in [0.2, 0.25) is 0 Å². The molecule has 3 nitrogen and oxygen atoms in total. The predicted octanol–water partition coefficient (Wildman–Crippen LogP) is 2.94. The van der Waals surface area contributed by atoms with Crippen LogP contribution in [0.25, 0.3) is 0 Å². The van der Waals surface area contributed by atoms with Crippen LogP contribution in [0.5, 0.6) is 0 Å². The van der Waals surface area contributed by atoms with Gasteiger partial charge in [-0.2, -0.15) is 0 Å². The fourth-order valence-corrected chi connectivity index (χ4v) is 3.64. The summed E-state index contributed by atoms with van der Waals surface area (Å²) in [5, 5.41) is 0. The Labute approximate surface area is 120 Å². The van der Waals surface area contributed by atoms with Gasteiger partial charge in [0, 0.05) is 5.56 Å². The Morgan fingerprint density at radius 3 is 2.24 bits per heavy atom. The summed E-state index contributed by atoms with van der Waals surface area (Å²) in [4.78, 5) is 12.1. The van der Waals surface area contributed by atoms with Crippen molar-refractivity contribution in [1.29, 1.82) is 0 Å². The molecule has 0 saturated heterocycles. The summed E-state index contributed by atoms with van der Waals surface area (Å²) in [6.45, 7) is 3.35. The predicted molar refractivity (Wildman–Crippen MR) is 77.6 cm³/mol. The summed E-state index contributed by atoms with van der Waals surface area (Å²) in [7, 11) is -3.65. The van der Waals surface area contributed by atoms with Crippen LogP contribution in [0.15, 0.2) is 24.3 Å². The van der Waals surface area contributed by atoms with Gasteiger partial charge in [-0.25, -0.2) is 8.42 Å². The minimum absolute atomic E-state index is 0.170. The average Bonchev–Trinajstić information content (AvgIpc) is 2.28. The molecule has 0 unspecified atom stereocenters. The van der Waals surface area contributed by atoms with Crippen LogP contribution >= 0.6 is 34.2 Å². The molecule has 0 aliphatic rings. The van der Waals surface area contributed by atoms with Crippen LogP contribution in [0.4, 0.5) is 0 Å². The lowest BCUT2D eigenvalue weighted by atomic mass is 10.1. The van der Waals surface area contributed by atoms with Gasteiger partial charge >= 0.3 is 0 Å². The molecule has 1 aromatic rings. The van der Waals surface area contributed by atoms with Crippen LogP contribution in [0, 0.1) is 6.92 Å². The molecular formula is C11H12ClIO3S. The van der Waals surface area contributed by atoms with E-state index < -0.39 is 17.8 Å². The fraction of sp³-hybridized carbons (Fsp3) is 0.364. The van der Waals surface area contributed by atoms with Gasteiger partial charge in [-0.1, -0.05) is 48.4 Å². The van der Waals surface area contributed by atoms with Crippen molar-refractivity contribution in [3.63, 3.8) is 0 Å². The van der Waals surface area contributed by atoms with Crippen molar-refractivity contribution in [3.05, 3.63) is 35.4 Å². The molecule has 0 radical (unpaired) electrons. The number of Topliss-reactive ketones (excluding diaryl/α,β-unsaturated/α-hetero) is 1. The first-order valence-electron chi connectivity index (χ1n) is 4.94. The van der Waals surface area contributed by atoms with E-state index in [9.17, 15) is 13.2 Å². The third-order valence-electron chi connectivity index (χ3n) is 2.35. The van der Waals surface area contributed by atoms with Gasteiger partial charge < -0.3 is 0 Å². The lowest BCUT2D eigenvalue weighted by molar-refractivity contribution is 0.100. The van der Waals surface area contributed by atoms with Gasteiger partial charge in [0.2, 0.25) is 5.78 Å². The van der Waals surface area contributed by atoms with Crippen molar-refractivity contribution >= 4 is 49.8 Å². The zero-order valence-electron chi connectivity index (χ0n) is 9.41. The van der Waals surface area contributed by atoms with Gasteiger partial charge in [0.15, 0.2) is 9.84 Å². The molecule has 0 bridgehead atoms. The van der Waals surface area contributed by atoms with Gasteiger partial charge in [-0.3, -0.25) is 4.79 Å². The molecule has 94 valence electrons. The van der Waals surface area contributed by atoms with Crippen LogP contribution in [0.1, 0.15) is 22.8 Å². The second-order valence-electron chi connectivity index (χ2n) is 3.62. The summed E-state index contributed by atoms with van der Waals surface area (Å²) < 4.78 is 21.6. The topological polar surface area (TPSA) is 51.2 Å². The zero-order valence-corrected chi connectivity index (χ0v) is 13.1. The van der Waals surface area contributed by atoms with Crippen molar-refractivity contribution < 1.29 is 13.2 Å². The zero-order chi connectivity index (χ0) is 13.3. The average molecular weight is 387 g/mol.